The molecule has 1 aliphatic rings. The van der Waals surface area contributed by atoms with Crippen molar-refractivity contribution in [3.8, 4) is 11.5 Å². The Kier molecular flexibility index (Phi) is 5.71. The molecule has 1 N–H and O–H groups in total. The number of nitrogens with one attached hydrogen (secondary N) is 1. The van der Waals surface area contributed by atoms with E-state index in [1.807, 2.05) is 12.1 Å². The number of anilines is 2. The molecule has 3 rings (SSSR count). The third-order valence-corrected chi connectivity index (χ3v) is 4.54. The molecule has 1 aliphatic heterocycles. The van der Waals surface area contributed by atoms with Gasteiger partial charge >= 0.3 is 6.03 Å². The molecule has 1 fully saturated rings. The van der Waals surface area contributed by atoms with Crippen molar-refractivity contribution in [3.05, 3.63) is 47.5 Å². The quantitative estimate of drug-likeness (QED) is 0.823. The summed E-state index contributed by atoms with van der Waals surface area (Å²) in [7, 11) is 3.11. The monoisotopic (exact) mass is 389 g/mol. The van der Waals surface area contributed by atoms with Gasteiger partial charge in [-0.3, -0.25) is 9.69 Å². The zero-order chi connectivity index (χ0) is 19.4. The van der Waals surface area contributed by atoms with Gasteiger partial charge in [-0.25, -0.2) is 4.79 Å². The lowest BCUT2D eigenvalue weighted by Crippen LogP contribution is -2.37. The molecule has 8 heteroatoms. The standard InChI is InChI=1S/C19H20ClN3O4/c1-26-15-6-4-14(5-7-15)23-10-9-22(19(23)25)12-18(24)21-13-3-8-17(27-2)16(20)11-13/h3-8,11H,9-10,12H2,1-2H3,(H,21,24). The van der Waals surface area contributed by atoms with Crippen LogP contribution in [0, 0.1) is 0 Å². The van der Waals surface area contributed by atoms with Crippen LogP contribution in [-0.4, -0.2) is 50.7 Å². The Bertz CT molecular complexity index is 841. The summed E-state index contributed by atoms with van der Waals surface area (Å²) in [5.74, 6) is 0.959. The number of carbonyl (C=O) groups is 2. The summed E-state index contributed by atoms with van der Waals surface area (Å²) >= 11 is 6.06. The van der Waals surface area contributed by atoms with Gasteiger partial charge in [0, 0.05) is 24.5 Å². The van der Waals surface area contributed by atoms with Gasteiger partial charge in [-0.2, -0.15) is 0 Å². The number of benzene rings is 2. The lowest BCUT2D eigenvalue weighted by molar-refractivity contribution is -0.116. The molecule has 0 aromatic heterocycles. The van der Waals surface area contributed by atoms with E-state index in [2.05, 4.69) is 5.32 Å². The average molecular weight is 390 g/mol. The van der Waals surface area contributed by atoms with Crippen LogP contribution >= 0.6 is 11.6 Å². The summed E-state index contributed by atoms with van der Waals surface area (Å²) in [5, 5.41) is 3.14. The van der Waals surface area contributed by atoms with Crippen molar-refractivity contribution in [2.24, 2.45) is 0 Å². The molecule has 1 saturated heterocycles. The summed E-state index contributed by atoms with van der Waals surface area (Å²) < 4.78 is 10.2. The maximum absolute atomic E-state index is 12.6. The number of hydrogen-bond acceptors (Lipinski definition) is 4. The number of amides is 3. The summed E-state index contributed by atoms with van der Waals surface area (Å²) in [6.45, 7) is 0.962. The molecule has 2 aromatic carbocycles. The second-order valence-electron chi connectivity index (χ2n) is 5.95. The Morgan fingerprint density at radius 1 is 1.11 bits per heavy atom. The third-order valence-electron chi connectivity index (χ3n) is 4.25. The Morgan fingerprint density at radius 2 is 1.85 bits per heavy atom. The van der Waals surface area contributed by atoms with Gasteiger partial charge in [0.2, 0.25) is 5.91 Å². The van der Waals surface area contributed by atoms with E-state index in [4.69, 9.17) is 21.1 Å². The second kappa shape index (κ2) is 8.18. The van der Waals surface area contributed by atoms with Crippen molar-refractivity contribution in [1.82, 2.24) is 4.90 Å². The molecule has 27 heavy (non-hydrogen) atoms. The Morgan fingerprint density at radius 3 is 2.48 bits per heavy atom. The number of methoxy groups -OCH3 is 2. The first kappa shape index (κ1) is 18.8. The van der Waals surface area contributed by atoms with E-state index >= 15 is 0 Å². The van der Waals surface area contributed by atoms with Gasteiger partial charge < -0.3 is 19.7 Å². The zero-order valence-corrected chi connectivity index (χ0v) is 15.8. The van der Waals surface area contributed by atoms with Gasteiger partial charge in [-0.05, 0) is 42.5 Å². The topological polar surface area (TPSA) is 71.1 Å². The van der Waals surface area contributed by atoms with Gasteiger partial charge in [0.15, 0.2) is 0 Å². The molecule has 0 aliphatic carbocycles. The fraction of sp³-hybridized carbons (Fsp3) is 0.263. The maximum Gasteiger partial charge on any atom is 0.325 e. The minimum Gasteiger partial charge on any atom is -0.497 e. The van der Waals surface area contributed by atoms with Crippen LogP contribution in [0.5, 0.6) is 11.5 Å². The van der Waals surface area contributed by atoms with Crippen molar-refractivity contribution >= 4 is 34.9 Å². The molecule has 3 amide bonds. The smallest absolute Gasteiger partial charge is 0.325 e. The summed E-state index contributed by atoms with van der Waals surface area (Å²) in [5.41, 5.74) is 1.31. The Balaban J connectivity index is 1.60. The van der Waals surface area contributed by atoms with Gasteiger partial charge in [0.25, 0.3) is 0 Å². The highest BCUT2D eigenvalue weighted by Gasteiger charge is 2.30. The van der Waals surface area contributed by atoms with Gasteiger partial charge in [-0.1, -0.05) is 11.6 Å². The third kappa shape index (κ3) is 4.25. The van der Waals surface area contributed by atoms with Crippen molar-refractivity contribution in [2.75, 3.05) is 44.1 Å². The van der Waals surface area contributed by atoms with E-state index in [0.717, 1.165) is 11.4 Å². The predicted molar refractivity (Wildman–Crippen MR) is 104 cm³/mol. The van der Waals surface area contributed by atoms with E-state index in [1.165, 1.54) is 12.0 Å². The van der Waals surface area contributed by atoms with Gasteiger partial charge in [-0.15, -0.1) is 0 Å². The van der Waals surface area contributed by atoms with Crippen molar-refractivity contribution in [2.45, 2.75) is 0 Å². The molecule has 0 bridgehead atoms. The van der Waals surface area contributed by atoms with E-state index in [1.54, 1.807) is 42.3 Å². The first-order valence-corrected chi connectivity index (χ1v) is 8.73. The highest BCUT2D eigenvalue weighted by molar-refractivity contribution is 6.32. The molecule has 1 heterocycles. The average Bonchev–Trinajstić information content (AvgIpc) is 3.02. The molecular formula is C19H20ClN3O4. The van der Waals surface area contributed by atoms with Gasteiger partial charge in [0.1, 0.15) is 18.0 Å². The maximum atomic E-state index is 12.6. The number of halogens is 1. The normalized spacial score (nSPS) is 13.7. The van der Waals surface area contributed by atoms with Crippen molar-refractivity contribution in [1.29, 1.82) is 0 Å². The highest BCUT2D eigenvalue weighted by atomic mass is 35.5. The Hall–Kier alpha value is -2.93. The number of rotatable bonds is 6. The van der Waals surface area contributed by atoms with E-state index < -0.39 is 0 Å². The SMILES string of the molecule is COc1ccc(N2CCN(CC(=O)Nc3ccc(OC)c(Cl)c3)C2=O)cc1. The lowest BCUT2D eigenvalue weighted by atomic mass is 10.3. The molecule has 142 valence electrons. The van der Waals surface area contributed by atoms with Crippen LogP contribution in [0.15, 0.2) is 42.5 Å². The number of urea groups is 1. The largest absolute Gasteiger partial charge is 0.497 e. The summed E-state index contributed by atoms with van der Waals surface area (Å²) in [6, 6.07) is 12.0. The molecule has 2 aromatic rings. The second-order valence-corrected chi connectivity index (χ2v) is 6.36. The van der Waals surface area contributed by atoms with Crippen LogP contribution < -0.4 is 19.7 Å². The van der Waals surface area contributed by atoms with Crippen LogP contribution in [0.25, 0.3) is 0 Å². The number of nitrogens with zero attached hydrogens (tertiary/aromatic N) is 2. The van der Waals surface area contributed by atoms with Crippen LogP contribution in [0.4, 0.5) is 16.2 Å². The number of ether oxygens (including phenoxy) is 2. The number of carbonyl (C=O) groups excluding carboxylic acids is 2. The van der Waals surface area contributed by atoms with Crippen LogP contribution in [-0.2, 0) is 4.79 Å². The zero-order valence-electron chi connectivity index (χ0n) is 15.1. The molecule has 0 saturated carbocycles. The first-order chi connectivity index (χ1) is 13.0. The van der Waals surface area contributed by atoms with E-state index in [9.17, 15) is 9.59 Å². The highest BCUT2D eigenvalue weighted by Crippen LogP contribution is 2.27. The minimum atomic E-state index is -0.291. The minimum absolute atomic E-state index is 0.0326. The summed E-state index contributed by atoms with van der Waals surface area (Å²) in [4.78, 5) is 28.0. The lowest BCUT2D eigenvalue weighted by Gasteiger charge is -2.18. The molecule has 0 spiro atoms. The fourth-order valence-corrected chi connectivity index (χ4v) is 3.11. The van der Waals surface area contributed by atoms with Crippen molar-refractivity contribution in [3.63, 3.8) is 0 Å². The fourth-order valence-electron chi connectivity index (χ4n) is 2.85. The predicted octanol–water partition coefficient (Wildman–Crippen LogP) is 3.24. The van der Waals surface area contributed by atoms with Crippen LogP contribution in [0.1, 0.15) is 0 Å². The molecule has 0 unspecified atom stereocenters. The van der Waals surface area contributed by atoms with Gasteiger partial charge in [0.05, 0.1) is 19.2 Å². The van der Waals surface area contributed by atoms with E-state index in [0.29, 0.717) is 29.5 Å². The molecule has 0 atom stereocenters. The first-order valence-electron chi connectivity index (χ1n) is 8.35. The van der Waals surface area contributed by atoms with Crippen molar-refractivity contribution < 1.29 is 19.1 Å². The molecule has 0 radical (unpaired) electrons. The Labute approximate surface area is 162 Å². The number of hydrogen-bond donors (Lipinski definition) is 1. The van der Waals surface area contributed by atoms with Crippen LogP contribution in [0.3, 0.4) is 0 Å². The molecule has 7 nitrogen and oxygen atoms in total. The van der Waals surface area contributed by atoms with E-state index in [-0.39, 0.29) is 18.5 Å². The van der Waals surface area contributed by atoms with Crippen LogP contribution in [0.2, 0.25) is 5.02 Å². The molecular weight excluding hydrogens is 370 g/mol. The summed E-state index contributed by atoms with van der Waals surface area (Å²) in [6.07, 6.45) is 0.